The molecule has 0 unspecified atom stereocenters. The van der Waals surface area contributed by atoms with Gasteiger partial charge >= 0.3 is 12.1 Å². The molecule has 1 aromatic rings. The summed E-state index contributed by atoms with van der Waals surface area (Å²) in [7, 11) is 1.29. The third-order valence-corrected chi connectivity index (χ3v) is 2.51. The van der Waals surface area contributed by atoms with E-state index in [9.17, 15) is 18.0 Å². The number of nitrogens with zero attached hydrogens (tertiary/aromatic N) is 1. The summed E-state index contributed by atoms with van der Waals surface area (Å²) in [5.41, 5.74) is -1.30. The summed E-state index contributed by atoms with van der Waals surface area (Å²) < 4.78 is 47.6. The predicted octanol–water partition coefficient (Wildman–Crippen LogP) is 3.10. The Morgan fingerprint density at radius 3 is 2.64 bits per heavy atom. The maximum absolute atomic E-state index is 12.7. The smallest absolute Gasteiger partial charge is 0.416 e. The Labute approximate surface area is 124 Å². The minimum Gasteiger partial charge on any atom is -0.495 e. The van der Waals surface area contributed by atoms with E-state index in [1.807, 2.05) is 0 Å². The van der Waals surface area contributed by atoms with Crippen LogP contribution in [0.5, 0.6) is 5.75 Å². The molecule has 0 amide bonds. The SMILES string of the molecule is CCOC(=O)/C(C#N)=C\Nc1cc(C(F)(F)F)ccc1OC. The van der Waals surface area contributed by atoms with Gasteiger partial charge in [-0.2, -0.15) is 18.4 Å². The van der Waals surface area contributed by atoms with E-state index in [2.05, 4.69) is 10.1 Å². The molecule has 22 heavy (non-hydrogen) atoms. The highest BCUT2D eigenvalue weighted by atomic mass is 19.4. The molecule has 0 saturated heterocycles. The molecule has 0 atom stereocenters. The molecule has 8 heteroatoms. The molecular weight excluding hydrogens is 301 g/mol. The summed E-state index contributed by atoms with van der Waals surface area (Å²) in [4.78, 5) is 11.4. The van der Waals surface area contributed by atoms with Gasteiger partial charge in [0.15, 0.2) is 5.57 Å². The number of nitriles is 1. The van der Waals surface area contributed by atoms with Crippen molar-refractivity contribution in [2.24, 2.45) is 0 Å². The maximum Gasteiger partial charge on any atom is 0.416 e. The van der Waals surface area contributed by atoms with E-state index in [0.717, 1.165) is 24.4 Å². The molecule has 1 rings (SSSR count). The number of alkyl halides is 3. The van der Waals surface area contributed by atoms with Crippen LogP contribution >= 0.6 is 0 Å². The second-order valence-electron chi connectivity index (χ2n) is 3.95. The predicted molar refractivity (Wildman–Crippen MR) is 71.9 cm³/mol. The van der Waals surface area contributed by atoms with E-state index >= 15 is 0 Å². The van der Waals surface area contributed by atoms with Gasteiger partial charge in [-0.05, 0) is 25.1 Å². The van der Waals surface area contributed by atoms with Gasteiger partial charge in [0.1, 0.15) is 11.8 Å². The number of benzene rings is 1. The number of carbonyl (C=O) groups is 1. The Morgan fingerprint density at radius 1 is 1.45 bits per heavy atom. The van der Waals surface area contributed by atoms with E-state index in [0.29, 0.717) is 0 Å². The lowest BCUT2D eigenvalue weighted by molar-refractivity contribution is -0.138. The number of hydrogen-bond donors (Lipinski definition) is 1. The summed E-state index contributed by atoms with van der Waals surface area (Å²) in [5.74, 6) is -0.742. The van der Waals surface area contributed by atoms with Gasteiger partial charge < -0.3 is 14.8 Å². The van der Waals surface area contributed by atoms with Crippen LogP contribution in [0.4, 0.5) is 18.9 Å². The average molecular weight is 314 g/mol. The summed E-state index contributed by atoms with van der Waals surface area (Å²) in [6.45, 7) is 1.64. The third kappa shape index (κ3) is 4.41. The van der Waals surface area contributed by atoms with Gasteiger partial charge in [0.2, 0.25) is 0 Å². The first-order valence-electron chi connectivity index (χ1n) is 6.12. The number of methoxy groups -OCH3 is 1. The highest BCUT2D eigenvalue weighted by molar-refractivity contribution is 5.93. The molecule has 1 N–H and O–H groups in total. The number of esters is 1. The fourth-order valence-electron chi connectivity index (χ4n) is 1.49. The van der Waals surface area contributed by atoms with E-state index in [1.54, 1.807) is 13.0 Å². The Hall–Kier alpha value is -2.69. The molecule has 0 heterocycles. The molecule has 0 radical (unpaired) electrons. The van der Waals surface area contributed by atoms with Crippen LogP contribution in [-0.2, 0) is 15.7 Å². The third-order valence-electron chi connectivity index (χ3n) is 2.51. The topological polar surface area (TPSA) is 71.4 Å². The number of ether oxygens (including phenoxy) is 2. The highest BCUT2D eigenvalue weighted by Crippen LogP contribution is 2.34. The van der Waals surface area contributed by atoms with Crippen LogP contribution in [0.1, 0.15) is 12.5 Å². The molecule has 0 saturated carbocycles. The number of anilines is 1. The number of nitrogens with one attached hydrogen (secondary N) is 1. The van der Waals surface area contributed by atoms with E-state index in [1.165, 1.54) is 7.11 Å². The molecule has 0 aliphatic rings. The summed E-state index contributed by atoms with van der Waals surface area (Å²) in [6.07, 6.45) is -3.55. The standard InChI is InChI=1S/C14H13F3N2O3/c1-3-22-13(20)9(7-18)8-19-11-6-10(14(15,16)17)4-5-12(11)21-2/h4-6,8,19H,3H2,1-2H3/b9-8-. The molecule has 0 spiro atoms. The molecule has 0 aliphatic carbocycles. The largest absolute Gasteiger partial charge is 0.495 e. The van der Waals surface area contributed by atoms with Crippen molar-refractivity contribution < 1.29 is 27.4 Å². The van der Waals surface area contributed by atoms with Gasteiger partial charge in [-0.1, -0.05) is 0 Å². The van der Waals surface area contributed by atoms with Crippen molar-refractivity contribution in [1.29, 1.82) is 5.26 Å². The Balaban J connectivity index is 3.10. The van der Waals surface area contributed by atoms with Gasteiger partial charge in [-0.25, -0.2) is 4.79 Å². The first-order valence-corrected chi connectivity index (χ1v) is 6.12. The van der Waals surface area contributed by atoms with Crippen molar-refractivity contribution in [3.63, 3.8) is 0 Å². The lowest BCUT2D eigenvalue weighted by Gasteiger charge is -2.12. The highest BCUT2D eigenvalue weighted by Gasteiger charge is 2.31. The van der Waals surface area contributed by atoms with E-state index in [-0.39, 0.29) is 23.6 Å². The molecule has 0 fully saturated rings. The maximum atomic E-state index is 12.7. The molecule has 0 bridgehead atoms. The van der Waals surface area contributed by atoms with Gasteiger partial charge in [-0.15, -0.1) is 0 Å². The summed E-state index contributed by atoms with van der Waals surface area (Å²) >= 11 is 0. The molecule has 0 aliphatic heterocycles. The summed E-state index contributed by atoms with van der Waals surface area (Å²) in [5, 5.41) is 11.3. The molecule has 118 valence electrons. The number of rotatable bonds is 5. The van der Waals surface area contributed by atoms with Gasteiger partial charge in [0.05, 0.1) is 25.0 Å². The quantitative estimate of drug-likeness (QED) is 0.514. The van der Waals surface area contributed by atoms with Crippen LogP contribution in [-0.4, -0.2) is 19.7 Å². The normalized spacial score (nSPS) is 11.5. The first-order chi connectivity index (χ1) is 10.3. The van der Waals surface area contributed by atoms with Crippen molar-refractivity contribution in [3.05, 3.63) is 35.5 Å². The lowest BCUT2D eigenvalue weighted by Crippen LogP contribution is -2.09. The fraction of sp³-hybridized carbons (Fsp3) is 0.286. The van der Waals surface area contributed by atoms with Crippen LogP contribution in [0.3, 0.4) is 0 Å². The average Bonchev–Trinajstić information content (AvgIpc) is 2.47. The second kappa shape index (κ2) is 7.36. The minimum absolute atomic E-state index is 0.0330. The number of halogens is 3. The zero-order chi connectivity index (χ0) is 16.8. The van der Waals surface area contributed by atoms with Gasteiger partial charge in [0, 0.05) is 6.20 Å². The van der Waals surface area contributed by atoms with Crippen molar-refractivity contribution in [1.82, 2.24) is 0 Å². The Morgan fingerprint density at radius 2 is 2.14 bits per heavy atom. The molecule has 5 nitrogen and oxygen atoms in total. The van der Waals surface area contributed by atoms with E-state index < -0.39 is 17.7 Å². The molecule has 0 aromatic heterocycles. The van der Waals surface area contributed by atoms with Crippen molar-refractivity contribution >= 4 is 11.7 Å². The number of carbonyl (C=O) groups excluding carboxylic acids is 1. The van der Waals surface area contributed by atoms with E-state index in [4.69, 9.17) is 10.00 Å². The van der Waals surface area contributed by atoms with Crippen LogP contribution in [0.15, 0.2) is 30.0 Å². The van der Waals surface area contributed by atoms with Gasteiger partial charge in [0.25, 0.3) is 0 Å². The second-order valence-corrected chi connectivity index (χ2v) is 3.95. The van der Waals surface area contributed by atoms with Crippen LogP contribution in [0.25, 0.3) is 0 Å². The number of hydrogen-bond acceptors (Lipinski definition) is 5. The lowest BCUT2D eigenvalue weighted by atomic mass is 10.1. The zero-order valence-electron chi connectivity index (χ0n) is 11.8. The summed E-state index contributed by atoms with van der Waals surface area (Å²) in [6, 6.07) is 4.41. The van der Waals surface area contributed by atoms with Crippen LogP contribution < -0.4 is 10.1 Å². The fourth-order valence-corrected chi connectivity index (χ4v) is 1.49. The first kappa shape index (κ1) is 17.4. The monoisotopic (exact) mass is 314 g/mol. The molecule has 1 aromatic carbocycles. The molecular formula is C14H13F3N2O3. The van der Waals surface area contributed by atoms with Crippen LogP contribution in [0, 0.1) is 11.3 Å². The minimum atomic E-state index is -4.52. The van der Waals surface area contributed by atoms with Crippen molar-refractivity contribution in [3.8, 4) is 11.8 Å². The van der Waals surface area contributed by atoms with Crippen molar-refractivity contribution in [2.45, 2.75) is 13.1 Å². The van der Waals surface area contributed by atoms with Crippen molar-refractivity contribution in [2.75, 3.05) is 19.0 Å². The van der Waals surface area contributed by atoms with Gasteiger partial charge in [-0.3, -0.25) is 0 Å². The zero-order valence-corrected chi connectivity index (χ0v) is 11.8. The Kier molecular flexibility index (Phi) is 5.81. The van der Waals surface area contributed by atoms with Crippen LogP contribution in [0.2, 0.25) is 0 Å². The Bertz CT molecular complexity index is 619.